The van der Waals surface area contributed by atoms with Crippen molar-refractivity contribution in [2.75, 3.05) is 0 Å². The summed E-state index contributed by atoms with van der Waals surface area (Å²) >= 11 is 1.87. The van der Waals surface area contributed by atoms with Gasteiger partial charge in [-0.1, -0.05) is 121 Å². The summed E-state index contributed by atoms with van der Waals surface area (Å²) in [6.45, 7) is 0. The molecule has 0 aliphatic carbocycles. The molecule has 38 heavy (non-hydrogen) atoms. The molecular formula is C35H28N2S. The maximum atomic E-state index is 6.43. The lowest BCUT2D eigenvalue weighted by atomic mass is 9.92. The van der Waals surface area contributed by atoms with Crippen LogP contribution in [-0.4, -0.2) is 5.84 Å². The molecule has 3 heteroatoms. The van der Waals surface area contributed by atoms with Gasteiger partial charge in [0.05, 0.1) is 5.70 Å². The number of amidine groups is 1. The minimum absolute atomic E-state index is 0.525. The first kappa shape index (κ1) is 23.9. The van der Waals surface area contributed by atoms with Gasteiger partial charge in [0.15, 0.2) is 0 Å². The van der Waals surface area contributed by atoms with Crippen LogP contribution >= 0.6 is 11.3 Å². The Morgan fingerprint density at radius 2 is 1.29 bits per heavy atom. The van der Waals surface area contributed by atoms with Gasteiger partial charge in [-0.05, 0) is 47.2 Å². The van der Waals surface area contributed by atoms with Crippen LogP contribution < -0.4 is 5.73 Å². The maximum absolute atomic E-state index is 6.43. The van der Waals surface area contributed by atoms with Crippen molar-refractivity contribution in [1.29, 1.82) is 0 Å². The molecule has 0 radical (unpaired) electrons. The molecule has 2 N–H and O–H groups in total. The number of thiophene rings is 1. The third-order valence-corrected chi connectivity index (χ3v) is 7.96. The fourth-order valence-electron chi connectivity index (χ4n) is 5.01. The molecule has 0 unspecified atom stereocenters. The Balaban J connectivity index is 1.41. The first-order chi connectivity index (χ1) is 18.8. The molecule has 1 aromatic heterocycles. The molecule has 0 aliphatic rings. The molecule has 0 saturated heterocycles. The molecule has 6 aromatic rings. The number of allylic oxidation sites excluding steroid dienone is 1. The number of hydrogen-bond acceptors (Lipinski definition) is 2. The summed E-state index contributed by atoms with van der Waals surface area (Å²) in [6, 6.07) is 44.3. The van der Waals surface area contributed by atoms with E-state index in [4.69, 9.17) is 10.7 Å². The van der Waals surface area contributed by atoms with Crippen LogP contribution in [0.5, 0.6) is 0 Å². The summed E-state index contributed by atoms with van der Waals surface area (Å²) in [5.74, 6) is 0.525. The number of nitrogens with two attached hydrogens (primary N) is 1. The molecule has 0 spiro atoms. The van der Waals surface area contributed by atoms with Gasteiger partial charge in [0, 0.05) is 25.7 Å². The number of benzene rings is 5. The quantitative estimate of drug-likeness (QED) is 0.169. The third-order valence-electron chi connectivity index (χ3n) is 6.82. The van der Waals surface area contributed by atoms with E-state index >= 15 is 0 Å². The molecule has 1 heterocycles. The van der Waals surface area contributed by atoms with E-state index in [9.17, 15) is 0 Å². The summed E-state index contributed by atoms with van der Waals surface area (Å²) in [5.41, 5.74) is 13.3. The van der Waals surface area contributed by atoms with E-state index in [1.807, 2.05) is 59.9 Å². The predicted octanol–water partition coefficient (Wildman–Crippen LogP) is 9.10. The smallest absolute Gasteiger partial charge is 0.131 e. The third kappa shape index (κ3) is 4.89. The second kappa shape index (κ2) is 10.9. The number of rotatable bonds is 7. The van der Waals surface area contributed by atoms with Crippen molar-refractivity contribution in [2.24, 2.45) is 10.7 Å². The van der Waals surface area contributed by atoms with Gasteiger partial charge >= 0.3 is 0 Å². The van der Waals surface area contributed by atoms with Crippen LogP contribution in [0.1, 0.15) is 23.1 Å². The summed E-state index contributed by atoms with van der Waals surface area (Å²) in [6.07, 6.45) is 3.97. The largest absolute Gasteiger partial charge is 0.383 e. The first-order valence-corrected chi connectivity index (χ1v) is 13.7. The Hall–Kier alpha value is -4.47. The lowest BCUT2D eigenvalue weighted by Gasteiger charge is -2.12. The van der Waals surface area contributed by atoms with Crippen molar-refractivity contribution in [2.45, 2.75) is 12.8 Å². The topological polar surface area (TPSA) is 38.4 Å². The van der Waals surface area contributed by atoms with Crippen molar-refractivity contribution in [3.05, 3.63) is 150 Å². The van der Waals surface area contributed by atoms with Crippen LogP contribution in [0, 0.1) is 0 Å². The number of aliphatic imine (C=N–C) groups is 1. The molecule has 0 fully saturated rings. The minimum Gasteiger partial charge on any atom is -0.383 e. The first-order valence-electron chi connectivity index (χ1n) is 12.9. The van der Waals surface area contributed by atoms with Crippen LogP contribution in [0.3, 0.4) is 0 Å². The second-order valence-electron chi connectivity index (χ2n) is 9.29. The molecule has 6 rings (SSSR count). The van der Waals surface area contributed by atoms with Gasteiger partial charge < -0.3 is 5.73 Å². The number of nitrogens with zero attached hydrogens (tertiary/aromatic N) is 1. The molecule has 5 aromatic carbocycles. The van der Waals surface area contributed by atoms with Crippen molar-refractivity contribution in [3.63, 3.8) is 0 Å². The lowest BCUT2D eigenvalue weighted by molar-refractivity contribution is 1.01. The highest BCUT2D eigenvalue weighted by molar-refractivity contribution is 7.25. The van der Waals surface area contributed by atoms with Gasteiger partial charge in [-0.3, -0.25) is 0 Å². The molecule has 0 atom stereocenters. The lowest BCUT2D eigenvalue weighted by Crippen LogP contribution is -2.13. The maximum Gasteiger partial charge on any atom is 0.131 e. The number of aryl methyl sites for hydroxylation is 1. The Morgan fingerprint density at radius 3 is 2.03 bits per heavy atom. The van der Waals surface area contributed by atoms with Crippen molar-refractivity contribution < 1.29 is 0 Å². The van der Waals surface area contributed by atoms with Gasteiger partial charge in [0.1, 0.15) is 5.84 Å². The van der Waals surface area contributed by atoms with Crippen LogP contribution in [0.15, 0.2) is 138 Å². The zero-order valence-corrected chi connectivity index (χ0v) is 21.9. The average Bonchev–Trinajstić information content (AvgIpc) is 3.36. The number of fused-ring (bicyclic) bond motifs is 3. The Labute approximate surface area is 227 Å². The van der Waals surface area contributed by atoms with E-state index in [0.29, 0.717) is 5.84 Å². The Kier molecular flexibility index (Phi) is 6.84. The summed E-state index contributed by atoms with van der Waals surface area (Å²) in [5, 5.41) is 2.68. The molecular weight excluding hydrogens is 480 g/mol. The molecule has 0 saturated carbocycles. The van der Waals surface area contributed by atoms with Crippen molar-refractivity contribution >= 4 is 43.0 Å². The summed E-state index contributed by atoms with van der Waals surface area (Å²) in [4.78, 5) is 4.87. The normalized spacial score (nSPS) is 12.3. The van der Waals surface area contributed by atoms with E-state index < -0.39 is 0 Å². The molecule has 184 valence electrons. The fraction of sp³-hybridized carbons (Fsp3) is 0.0571. The SMILES string of the molecule is N/C(=N\C(=C/CCc1ccc2sc3ccccc3c2c1-c1ccccc1)c1ccccc1)c1ccccc1. The van der Waals surface area contributed by atoms with Crippen LogP contribution in [0.2, 0.25) is 0 Å². The predicted molar refractivity (Wildman–Crippen MR) is 165 cm³/mol. The van der Waals surface area contributed by atoms with Gasteiger partial charge in [-0.25, -0.2) is 4.99 Å². The van der Waals surface area contributed by atoms with Crippen LogP contribution in [-0.2, 0) is 6.42 Å². The van der Waals surface area contributed by atoms with E-state index in [0.717, 1.165) is 29.7 Å². The van der Waals surface area contributed by atoms with Gasteiger partial charge in [-0.2, -0.15) is 0 Å². The van der Waals surface area contributed by atoms with Crippen LogP contribution in [0.4, 0.5) is 0 Å². The molecule has 2 nitrogen and oxygen atoms in total. The van der Waals surface area contributed by atoms with Gasteiger partial charge in [0.25, 0.3) is 0 Å². The van der Waals surface area contributed by atoms with Gasteiger partial charge in [0.2, 0.25) is 0 Å². The summed E-state index contributed by atoms with van der Waals surface area (Å²) < 4.78 is 2.66. The second-order valence-corrected chi connectivity index (χ2v) is 10.4. The average molecular weight is 509 g/mol. The highest BCUT2D eigenvalue weighted by Crippen LogP contribution is 2.42. The van der Waals surface area contributed by atoms with E-state index in [1.165, 1.54) is 36.9 Å². The fourth-order valence-corrected chi connectivity index (χ4v) is 6.12. The van der Waals surface area contributed by atoms with Crippen molar-refractivity contribution in [1.82, 2.24) is 0 Å². The zero-order valence-electron chi connectivity index (χ0n) is 21.0. The Morgan fingerprint density at radius 1 is 0.658 bits per heavy atom. The molecule has 0 aliphatic heterocycles. The van der Waals surface area contributed by atoms with E-state index in [1.54, 1.807) is 0 Å². The Bertz CT molecular complexity index is 1750. The van der Waals surface area contributed by atoms with Crippen molar-refractivity contribution in [3.8, 4) is 11.1 Å². The van der Waals surface area contributed by atoms with Gasteiger partial charge in [-0.15, -0.1) is 11.3 Å². The minimum atomic E-state index is 0.525. The number of hydrogen-bond donors (Lipinski definition) is 1. The monoisotopic (exact) mass is 508 g/mol. The standard InChI is InChI=1S/C35H28N2S/c36-35(28-17-8-3-9-18-28)37-30(25-13-4-1-5-14-25)21-12-19-27-23-24-32-34(29-20-10-11-22-31(29)38-32)33(27)26-15-6-2-7-16-26/h1-11,13-18,20-24H,12,19H2,(H2,36,37)/b30-21-. The molecule has 0 amide bonds. The molecule has 0 bridgehead atoms. The van der Waals surface area contributed by atoms with Crippen LogP contribution in [0.25, 0.3) is 37.0 Å². The van der Waals surface area contributed by atoms with E-state index in [-0.39, 0.29) is 0 Å². The van der Waals surface area contributed by atoms with E-state index in [2.05, 4.69) is 84.9 Å². The summed E-state index contributed by atoms with van der Waals surface area (Å²) in [7, 11) is 0. The highest BCUT2D eigenvalue weighted by Gasteiger charge is 2.15. The zero-order chi connectivity index (χ0) is 25.7. The highest BCUT2D eigenvalue weighted by atomic mass is 32.1.